The molecule has 5 heteroatoms. The van der Waals surface area contributed by atoms with Crippen LogP contribution in [0.3, 0.4) is 0 Å². The van der Waals surface area contributed by atoms with Gasteiger partial charge in [-0.3, -0.25) is 4.79 Å². The molecule has 0 saturated heterocycles. The highest BCUT2D eigenvalue weighted by Crippen LogP contribution is 1.80. The molecular weight excluding hydrogens is 126 g/mol. The van der Waals surface area contributed by atoms with Gasteiger partial charge >= 0.3 is 11.9 Å². The number of rotatable bonds is 3. The molecule has 2 N–H and O–H groups in total. The number of aliphatic carboxylic acids is 1. The zero-order chi connectivity index (χ0) is 7.28. The molecular formula is C4H7NO4. The topological polar surface area (TPSA) is 75.6 Å². The van der Waals surface area contributed by atoms with Gasteiger partial charge in [-0.05, 0) is 0 Å². The molecule has 0 aliphatic rings. The molecule has 0 aromatic rings. The lowest BCUT2D eigenvalue weighted by molar-refractivity contribution is -0.155. The lowest BCUT2D eigenvalue weighted by Crippen LogP contribution is -2.17. The second-order valence-corrected chi connectivity index (χ2v) is 1.25. The van der Waals surface area contributed by atoms with Gasteiger partial charge in [0.2, 0.25) is 0 Å². The van der Waals surface area contributed by atoms with Gasteiger partial charge in [-0.1, -0.05) is 0 Å². The molecule has 0 heterocycles. The van der Waals surface area contributed by atoms with Crippen LogP contribution in [0.5, 0.6) is 0 Å². The summed E-state index contributed by atoms with van der Waals surface area (Å²) in [5, 5.41) is 7.98. The molecule has 0 atom stereocenters. The molecule has 0 rings (SSSR count). The standard InChI is InChI=1S/C4H7NO4/c1-5-9-4(8)2-3(6)7/h5H,2H2,1H3,(H,6,7). The van der Waals surface area contributed by atoms with E-state index in [-0.39, 0.29) is 0 Å². The fourth-order valence-corrected chi connectivity index (χ4v) is 0.273. The number of carboxylic acids is 1. The average molecular weight is 133 g/mol. The van der Waals surface area contributed by atoms with Crippen LogP contribution in [-0.4, -0.2) is 24.1 Å². The SMILES string of the molecule is CNOC(=O)CC(=O)O. The fourth-order valence-electron chi connectivity index (χ4n) is 0.273. The van der Waals surface area contributed by atoms with Crippen LogP contribution < -0.4 is 5.48 Å². The van der Waals surface area contributed by atoms with Crippen molar-refractivity contribution in [2.75, 3.05) is 7.05 Å². The Morgan fingerprint density at radius 3 is 2.56 bits per heavy atom. The van der Waals surface area contributed by atoms with Crippen LogP contribution in [0.15, 0.2) is 0 Å². The van der Waals surface area contributed by atoms with Gasteiger partial charge in [-0.25, -0.2) is 4.79 Å². The van der Waals surface area contributed by atoms with E-state index in [1.54, 1.807) is 0 Å². The zero-order valence-corrected chi connectivity index (χ0v) is 4.88. The molecule has 0 aliphatic carbocycles. The molecule has 0 aromatic heterocycles. The van der Waals surface area contributed by atoms with Crippen LogP contribution >= 0.6 is 0 Å². The molecule has 0 saturated carbocycles. The number of carbonyl (C=O) groups is 2. The van der Waals surface area contributed by atoms with E-state index < -0.39 is 18.4 Å². The predicted molar refractivity (Wildman–Crippen MR) is 27.4 cm³/mol. The summed E-state index contributed by atoms with van der Waals surface area (Å²) in [4.78, 5) is 24.0. The highest BCUT2D eigenvalue weighted by atomic mass is 16.7. The highest BCUT2D eigenvalue weighted by Gasteiger charge is 2.06. The van der Waals surface area contributed by atoms with Crippen molar-refractivity contribution in [2.24, 2.45) is 0 Å². The number of hydroxylamine groups is 1. The first kappa shape index (κ1) is 7.90. The van der Waals surface area contributed by atoms with Crippen molar-refractivity contribution in [1.82, 2.24) is 5.48 Å². The van der Waals surface area contributed by atoms with Crippen LogP contribution in [0.4, 0.5) is 0 Å². The second kappa shape index (κ2) is 3.85. The van der Waals surface area contributed by atoms with Gasteiger partial charge in [-0.2, -0.15) is 5.48 Å². The maximum absolute atomic E-state index is 10.2. The Bertz CT molecular complexity index is 122. The molecule has 0 fully saturated rings. The Balaban J connectivity index is 3.39. The van der Waals surface area contributed by atoms with Gasteiger partial charge in [0, 0.05) is 7.05 Å². The summed E-state index contributed by atoms with van der Waals surface area (Å²) in [6.45, 7) is 0. The quantitative estimate of drug-likeness (QED) is 0.387. The van der Waals surface area contributed by atoms with Crippen LogP contribution in [0.25, 0.3) is 0 Å². The number of carboxylic acid groups (broad SMARTS) is 1. The molecule has 9 heavy (non-hydrogen) atoms. The minimum absolute atomic E-state index is 0.610. The van der Waals surface area contributed by atoms with Gasteiger partial charge in [0.15, 0.2) is 0 Å². The molecule has 0 bridgehead atoms. The first-order chi connectivity index (χ1) is 4.16. The summed E-state index contributed by atoms with van der Waals surface area (Å²) in [5.74, 6) is -2.00. The Hall–Kier alpha value is -1.10. The smallest absolute Gasteiger partial charge is 0.335 e. The Labute approximate surface area is 51.6 Å². The summed E-state index contributed by atoms with van der Waals surface area (Å²) in [6.07, 6.45) is -0.610. The van der Waals surface area contributed by atoms with Crippen molar-refractivity contribution in [1.29, 1.82) is 0 Å². The van der Waals surface area contributed by atoms with Crippen molar-refractivity contribution in [3.63, 3.8) is 0 Å². The lowest BCUT2D eigenvalue weighted by atomic mass is 10.5. The third-order valence-electron chi connectivity index (χ3n) is 0.511. The van der Waals surface area contributed by atoms with Crippen molar-refractivity contribution in [3.8, 4) is 0 Å². The monoisotopic (exact) mass is 133 g/mol. The third-order valence-corrected chi connectivity index (χ3v) is 0.511. The van der Waals surface area contributed by atoms with E-state index in [1.807, 2.05) is 0 Å². The van der Waals surface area contributed by atoms with Gasteiger partial charge in [0.1, 0.15) is 6.42 Å². The number of nitrogens with one attached hydrogen (secondary N) is 1. The van der Waals surface area contributed by atoms with E-state index in [0.717, 1.165) is 0 Å². The molecule has 52 valence electrons. The summed E-state index contributed by atoms with van der Waals surface area (Å²) < 4.78 is 0. The van der Waals surface area contributed by atoms with Crippen LogP contribution in [0.1, 0.15) is 6.42 Å². The number of hydrogen-bond donors (Lipinski definition) is 2. The van der Waals surface area contributed by atoms with Crippen molar-refractivity contribution >= 4 is 11.9 Å². The predicted octanol–water partition coefficient (Wildman–Crippen LogP) is -0.861. The van der Waals surface area contributed by atoms with Crippen molar-refractivity contribution < 1.29 is 19.5 Å². The molecule has 0 radical (unpaired) electrons. The van der Waals surface area contributed by atoms with Crippen molar-refractivity contribution in [3.05, 3.63) is 0 Å². The van der Waals surface area contributed by atoms with E-state index in [2.05, 4.69) is 10.3 Å². The Kier molecular flexibility index (Phi) is 3.38. The van der Waals surface area contributed by atoms with E-state index in [4.69, 9.17) is 5.11 Å². The molecule has 0 aromatic carbocycles. The number of hydrogen-bond acceptors (Lipinski definition) is 4. The van der Waals surface area contributed by atoms with Gasteiger partial charge < -0.3 is 9.94 Å². The van der Waals surface area contributed by atoms with E-state index >= 15 is 0 Å². The van der Waals surface area contributed by atoms with Crippen LogP contribution in [-0.2, 0) is 14.4 Å². The van der Waals surface area contributed by atoms with Gasteiger partial charge in [-0.15, -0.1) is 0 Å². The van der Waals surface area contributed by atoms with Gasteiger partial charge in [0.25, 0.3) is 0 Å². The minimum atomic E-state index is -1.20. The third kappa shape index (κ3) is 4.76. The summed E-state index contributed by atoms with van der Waals surface area (Å²) in [7, 11) is 1.37. The van der Waals surface area contributed by atoms with E-state index in [9.17, 15) is 9.59 Å². The molecule has 0 amide bonds. The number of carbonyl (C=O) groups excluding carboxylic acids is 1. The minimum Gasteiger partial charge on any atom is -0.481 e. The van der Waals surface area contributed by atoms with Crippen molar-refractivity contribution in [2.45, 2.75) is 6.42 Å². The zero-order valence-electron chi connectivity index (χ0n) is 4.88. The Morgan fingerprint density at radius 2 is 2.22 bits per heavy atom. The Morgan fingerprint density at radius 1 is 1.67 bits per heavy atom. The fraction of sp³-hybridized carbons (Fsp3) is 0.500. The maximum Gasteiger partial charge on any atom is 0.335 e. The molecule has 5 nitrogen and oxygen atoms in total. The summed E-state index contributed by atoms with van der Waals surface area (Å²) in [6, 6.07) is 0. The first-order valence-corrected chi connectivity index (χ1v) is 2.25. The molecule has 0 unspecified atom stereocenters. The molecule has 0 spiro atoms. The highest BCUT2D eigenvalue weighted by molar-refractivity contribution is 5.89. The summed E-state index contributed by atoms with van der Waals surface area (Å²) >= 11 is 0. The maximum atomic E-state index is 10.2. The van der Waals surface area contributed by atoms with E-state index in [0.29, 0.717) is 0 Å². The largest absolute Gasteiger partial charge is 0.481 e. The van der Waals surface area contributed by atoms with Crippen LogP contribution in [0.2, 0.25) is 0 Å². The first-order valence-electron chi connectivity index (χ1n) is 2.25. The average Bonchev–Trinajstić information content (AvgIpc) is 1.63. The summed E-state index contributed by atoms with van der Waals surface area (Å²) in [5.41, 5.74) is 2.06. The molecule has 0 aliphatic heterocycles. The van der Waals surface area contributed by atoms with Gasteiger partial charge in [0.05, 0.1) is 0 Å². The second-order valence-electron chi connectivity index (χ2n) is 1.25. The normalized spacial score (nSPS) is 8.56. The van der Waals surface area contributed by atoms with Crippen LogP contribution in [0, 0.1) is 0 Å². The van der Waals surface area contributed by atoms with E-state index in [1.165, 1.54) is 7.05 Å². The lowest BCUT2D eigenvalue weighted by Gasteiger charge is -1.95.